The van der Waals surface area contributed by atoms with Gasteiger partial charge in [0.05, 0.1) is 0 Å². The first-order chi connectivity index (χ1) is 13.8. The number of esters is 1. The van der Waals surface area contributed by atoms with E-state index in [2.05, 4.69) is 24.5 Å². The molecule has 0 saturated carbocycles. The van der Waals surface area contributed by atoms with Gasteiger partial charge in [0.25, 0.3) is 11.8 Å². The molecule has 2 rings (SSSR count). The minimum absolute atomic E-state index is 0.0882. The summed E-state index contributed by atoms with van der Waals surface area (Å²) in [6, 6.07) is 12.6. The molecule has 2 aromatic rings. The van der Waals surface area contributed by atoms with Crippen molar-refractivity contribution in [2.75, 3.05) is 11.9 Å². The Morgan fingerprint density at radius 1 is 1.07 bits per heavy atom. The molecule has 0 fully saturated rings. The van der Waals surface area contributed by atoms with Gasteiger partial charge in [-0.1, -0.05) is 38.1 Å². The number of anilines is 1. The van der Waals surface area contributed by atoms with Crippen molar-refractivity contribution in [2.45, 2.75) is 39.2 Å². The topological polar surface area (TPSA) is 84.5 Å². The number of para-hydroxylation sites is 1. The lowest BCUT2D eigenvalue weighted by atomic mass is 9.97. The van der Waals surface area contributed by atoms with Crippen LogP contribution in [0.15, 0.2) is 48.5 Å². The summed E-state index contributed by atoms with van der Waals surface area (Å²) in [6.45, 7) is 5.14. The van der Waals surface area contributed by atoms with E-state index in [9.17, 15) is 18.8 Å². The third-order valence-electron chi connectivity index (χ3n) is 4.52. The van der Waals surface area contributed by atoms with Gasteiger partial charge < -0.3 is 15.4 Å². The standard InChI is InChI=1S/C22H25FN2O4/c1-4-14(2)18-10-5-6-11-19(18)25-21(27)15(3)29-20(26)13-24-22(28)16-8-7-9-17(23)12-16/h5-12,14-15H,4,13H2,1-3H3,(H,24,28)(H,25,27)/t14-,15-/m0/s1. The number of amides is 2. The zero-order valence-electron chi connectivity index (χ0n) is 16.7. The number of ether oxygens (including phenoxy) is 1. The molecule has 0 heterocycles. The zero-order chi connectivity index (χ0) is 21.4. The Hall–Kier alpha value is -3.22. The predicted octanol–water partition coefficient (Wildman–Crippen LogP) is 3.64. The average Bonchev–Trinajstić information content (AvgIpc) is 2.71. The van der Waals surface area contributed by atoms with Crippen LogP contribution in [0.1, 0.15) is 49.0 Å². The molecule has 0 aliphatic heterocycles. The van der Waals surface area contributed by atoms with Crippen molar-refractivity contribution >= 4 is 23.5 Å². The lowest BCUT2D eigenvalue weighted by Crippen LogP contribution is -2.36. The van der Waals surface area contributed by atoms with Gasteiger partial charge in [-0.05, 0) is 49.1 Å². The second kappa shape index (κ2) is 10.4. The van der Waals surface area contributed by atoms with Crippen LogP contribution in [0.4, 0.5) is 10.1 Å². The molecule has 0 radical (unpaired) electrons. The molecule has 0 bridgehead atoms. The van der Waals surface area contributed by atoms with Crippen LogP contribution in [0.2, 0.25) is 0 Å². The summed E-state index contributed by atoms with van der Waals surface area (Å²) in [5, 5.41) is 5.12. The minimum atomic E-state index is -1.04. The van der Waals surface area contributed by atoms with Gasteiger partial charge in [-0.2, -0.15) is 0 Å². The Labute approximate surface area is 169 Å². The Morgan fingerprint density at radius 3 is 2.48 bits per heavy atom. The Morgan fingerprint density at radius 2 is 1.79 bits per heavy atom. The highest BCUT2D eigenvalue weighted by atomic mass is 19.1. The monoisotopic (exact) mass is 400 g/mol. The summed E-state index contributed by atoms with van der Waals surface area (Å²) in [5.41, 5.74) is 1.77. The molecule has 0 spiro atoms. The van der Waals surface area contributed by atoms with Crippen molar-refractivity contribution in [1.82, 2.24) is 5.32 Å². The minimum Gasteiger partial charge on any atom is -0.451 e. The van der Waals surface area contributed by atoms with Gasteiger partial charge in [0.15, 0.2) is 6.10 Å². The van der Waals surface area contributed by atoms with Crippen molar-refractivity contribution in [3.63, 3.8) is 0 Å². The highest BCUT2D eigenvalue weighted by Gasteiger charge is 2.20. The molecule has 2 N–H and O–H groups in total. The average molecular weight is 400 g/mol. The zero-order valence-corrected chi connectivity index (χ0v) is 16.7. The van der Waals surface area contributed by atoms with E-state index in [0.29, 0.717) is 5.69 Å². The first-order valence-corrected chi connectivity index (χ1v) is 9.44. The van der Waals surface area contributed by atoms with E-state index in [1.807, 2.05) is 18.2 Å². The lowest BCUT2D eigenvalue weighted by Gasteiger charge is -2.18. The predicted molar refractivity (Wildman–Crippen MR) is 108 cm³/mol. The van der Waals surface area contributed by atoms with Gasteiger partial charge in [-0.25, -0.2) is 4.39 Å². The lowest BCUT2D eigenvalue weighted by molar-refractivity contribution is -0.152. The molecule has 154 valence electrons. The van der Waals surface area contributed by atoms with E-state index < -0.39 is 36.2 Å². The van der Waals surface area contributed by atoms with E-state index >= 15 is 0 Å². The molecule has 0 unspecified atom stereocenters. The molecular weight excluding hydrogens is 375 g/mol. The van der Waals surface area contributed by atoms with Crippen LogP contribution >= 0.6 is 0 Å². The van der Waals surface area contributed by atoms with Crippen molar-refractivity contribution in [2.24, 2.45) is 0 Å². The number of halogens is 1. The SMILES string of the molecule is CC[C@H](C)c1ccccc1NC(=O)[C@H](C)OC(=O)CNC(=O)c1cccc(F)c1. The fourth-order valence-corrected chi connectivity index (χ4v) is 2.67. The molecule has 0 aromatic heterocycles. The summed E-state index contributed by atoms with van der Waals surface area (Å²) in [4.78, 5) is 36.3. The quantitative estimate of drug-likeness (QED) is 0.663. The Bertz CT molecular complexity index is 885. The normalized spacial score (nSPS) is 12.6. The fourth-order valence-electron chi connectivity index (χ4n) is 2.67. The van der Waals surface area contributed by atoms with Gasteiger partial charge >= 0.3 is 5.97 Å². The molecule has 0 saturated heterocycles. The van der Waals surface area contributed by atoms with Crippen molar-refractivity contribution in [3.05, 3.63) is 65.5 Å². The molecule has 0 aliphatic rings. The maximum absolute atomic E-state index is 13.2. The number of hydrogen-bond donors (Lipinski definition) is 2. The van der Waals surface area contributed by atoms with Crippen LogP contribution in [0.3, 0.4) is 0 Å². The first kappa shape index (κ1) is 22.1. The van der Waals surface area contributed by atoms with Crippen LogP contribution in [0.25, 0.3) is 0 Å². The van der Waals surface area contributed by atoms with Crippen LogP contribution in [0.5, 0.6) is 0 Å². The van der Waals surface area contributed by atoms with E-state index in [1.54, 1.807) is 6.07 Å². The van der Waals surface area contributed by atoms with E-state index in [0.717, 1.165) is 18.1 Å². The molecular formula is C22H25FN2O4. The molecule has 2 amide bonds. The molecule has 2 aromatic carbocycles. The summed E-state index contributed by atoms with van der Waals surface area (Å²) in [6.07, 6.45) is -0.124. The number of carbonyl (C=O) groups excluding carboxylic acids is 3. The third kappa shape index (κ3) is 6.41. The fraction of sp³-hybridized carbons (Fsp3) is 0.318. The van der Waals surface area contributed by atoms with Crippen molar-refractivity contribution in [3.8, 4) is 0 Å². The smallest absolute Gasteiger partial charge is 0.326 e. The first-order valence-electron chi connectivity index (χ1n) is 9.44. The summed E-state index contributed by atoms with van der Waals surface area (Å²) < 4.78 is 18.2. The van der Waals surface area contributed by atoms with Crippen LogP contribution in [0, 0.1) is 5.82 Å². The van der Waals surface area contributed by atoms with Crippen LogP contribution < -0.4 is 10.6 Å². The highest BCUT2D eigenvalue weighted by Crippen LogP contribution is 2.26. The number of benzene rings is 2. The van der Waals surface area contributed by atoms with Crippen LogP contribution in [-0.4, -0.2) is 30.4 Å². The van der Waals surface area contributed by atoms with Crippen molar-refractivity contribution in [1.29, 1.82) is 0 Å². The Kier molecular flexibility index (Phi) is 7.88. The summed E-state index contributed by atoms with van der Waals surface area (Å²) in [5.74, 6) is -2.13. The molecule has 29 heavy (non-hydrogen) atoms. The van der Waals surface area contributed by atoms with E-state index in [1.165, 1.54) is 25.1 Å². The van der Waals surface area contributed by atoms with Crippen LogP contribution in [-0.2, 0) is 14.3 Å². The second-order valence-corrected chi connectivity index (χ2v) is 6.71. The van der Waals surface area contributed by atoms with Gasteiger partial charge in [0.1, 0.15) is 12.4 Å². The third-order valence-corrected chi connectivity index (χ3v) is 4.52. The maximum Gasteiger partial charge on any atom is 0.326 e. The number of nitrogens with one attached hydrogen (secondary N) is 2. The number of hydrogen-bond acceptors (Lipinski definition) is 4. The summed E-state index contributed by atoms with van der Waals surface area (Å²) >= 11 is 0. The number of rotatable bonds is 8. The molecule has 2 atom stereocenters. The van der Waals surface area contributed by atoms with E-state index in [4.69, 9.17) is 4.74 Å². The molecule has 7 heteroatoms. The molecule has 0 aliphatic carbocycles. The van der Waals surface area contributed by atoms with Crippen molar-refractivity contribution < 1.29 is 23.5 Å². The van der Waals surface area contributed by atoms with E-state index in [-0.39, 0.29) is 11.5 Å². The second-order valence-electron chi connectivity index (χ2n) is 6.71. The summed E-state index contributed by atoms with van der Waals surface area (Å²) in [7, 11) is 0. The van der Waals surface area contributed by atoms with Gasteiger partial charge in [0, 0.05) is 11.3 Å². The molecule has 6 nitrogen and oxygen atoms in total. The maximum atomic E-state index is 13.2. The van der Waals surface area contributed by atoms with Gasteiger partial charge in [0.2, 0.25) is 0 Å². The largest absolute Gasteiger partial charge is 0.451 e. The highest BCUT2D eigenvalue weighted by molar-refractivity contribution is 5.97. The van der Waals surface area contributed by atoms with Gasteiger partial charge in [-0.3, -0.25) is 14.4 Å². The number of carbonyl (C=O) groups is 3. The Balaban J connectivity index is 1.88. The van der Waals surface area contributed by atoms with Gasteiger partial charge in [-0.15, -0.1) is 0 Å².